The van der Waals surface area contributed by atoms with Crippen LogP contribution < -0.4 is 4.74 Å². The molecule has 1 N–H and O–H groups in total. The second kappa shape index (κ2) is 6.52. The predicted octanol–water partition coefficient (Wildman–Crippen LogP) is 3.34. The number of para-hydroxylation sites is 1. The first-order valence-corrected chi connectivity index (χ1v) is 7.31. The summed E-state index contributed by atoms with van der Waals surface area (Å²) in [4.78, 5) is 16.9. The minimum atomic E-state index is -0.387. The van der Waals surface area contributed by atoms with Gasteiger partial charge in [-0.25, -0.2) is 4.39 Å². The highest BCUT2D eigenvalue weighted by atomic mass is 19.1. The highest BCUT2D eigenvalue weighted by Crippen LogP contribution is 2.19. The number of nitrogens with one attached hydrogen (secondary N) is 1. The van der Waals surface area contributed by atoms with Crippen molar-refractivity contribution in [2.75, 3.05) is 13.7 Å². The van der Waals surface area contributed by atoms with Gasteiger partial charge in [-0.15, -0.1) is 0 Å². The maximum atomic E-state index is 13.1. The van der Waals surface area contributed by atoms with Crippen LogP contribution >= 0.6 is 0 Å². The Bertz CT molecular complexity index is 829. The fraction of sp³-hybridized carbons (Fsp3) is 0.167. The van der Waals surface area contributed by atoms with Gasteiger partial charge in [-0.2, -0.15) is 0 Å². The Hall–Kier alpha value is -2.82. The number of rotatable bonds is 5. The topological polar surface area (TPSA) is 45.3 Å². The number of fused-ring (bicyclic) bond motifs is 1. The predicted molar refractivity (Wildman–Crippen MR) is 86.7 cm³/mol. The van der Waals surface area contributed by atoms with E-state index in [4.69, 9.17) is 4.74 Å². The van der Waals surface area contributed by atoms with Crippen LogP contribution in [0.5, 0.6) is 5.75 Å². The Morgan fingerprint density at radius 3 is 2.87 bits per heavy atom. The quantitative estimate of drug-likeness (QED) is 0.785. The van der Waals surface area contributed by atoms with Crippen LogP contribution in [0.4, 0.5) is 4.39 Å². The number of amides is 1. The Kier molecular flexibility index (Phi) is 4.28. The average Bonchev–Trinajstić information content (AvgIpc) is 2.96. The zero-order valence-corrected chi connectivity index (χ0v) is 12.8. The number of benzene rings is 2. The molecule has 0 spiro atoms. The zero-order chi connectivity index (χ0) is 16.2. The van der Waals surface area contributed by atoms with E-state index in [0.29, 0.717) is 12.3 Å². The number of H-pyrrole nitrogens is 1. The fourth-order valence-electron chi connectivity index (χ4n) is 2.42. The van der Waals surface area contributed by atoms with E-state index in [1.165, 1.54) is 12.1 Å². The number of aromatic nitrogens is 1. The summed E-state index contributed by atoms with van der Waals surface area (Å²) in [5.41, 5.74) is 2.08. The molecule has 1 amide bonds. The molecule has 0 radical (unpaired) electrons. The first-order valence-electron chi connectivity index (χ1n) is 7.31. The molecule has 0 aliphatic heterocycles. The van der Waals surface area contributed by atoms with Crippen molar-refractivity contribution in [3.8, 4) is 5.75 Å². The minimum Gasteiger partial charge on any atom is -0.484 e. The largest absolute Gasteiger partial charge is 0.484 e. The molecule has 0 fully saturated rings. The van der Waals surface area contributed by atoms with Gasteiger partial charge in [-0.05, 0) is 23.8 Å². The lowest BCUT2D eigenvalue weighted by molar-refractivity contribution is -0.132. The summed E-state index contributed by atoms with van der Waals surface area (Å²) in [6, 6.07) is 13.7. The Morgan fingerprint density at radius 1 is 1.22 bits per heavy atom. The van der Waals surface area contributed by atoms with Gasteiger partial charge in [0.2, 0.25) is 0 Å². The average molecular weight is 312 g/mol. The van der Waals surface area contributed by atoms with E-state index in [1.54, 1.807) is 24.1 Å². The van der Waals surface area contributed by atoms with E-state index >= 15 is 0 Å². The maximum absolute atomic E-state index is 13.1. The molecule has 0 aliphatic carbocycles. The molecular formula is C18H17FN2O2. The summed E-state index contributed by atoms with van der Waals surface area (Å²) >= 11 is 0. The van der Waals surface area contributed by atoms with Crippen molar-refractivity contribution >= 4 is 16.8 Å². The number of aromatic amines is 1. The van der Waals surface area contributed by atoms with Crippen LogP contribution in [0.25, 0.3) is 10.9 Å². The molecule has 1 aromatic heterocycles. The number of carbonyl (C=O) groups is 1. The molecule has 118 valence electrons. The Morgan fingerprint density at radius 2 is 2.04 bits per heavy atom. The van der Waals surface area contributed by atoms with Crippen molar-refractivity contribution in [1.82, 2.24) is 9.88 Å². The lowest BCUT2D eigenvalue weighted by atomic mass is 10.1. The first kappa shape index (κ1) is 15.1. The van der Waals surface area contributed by atoms with Crippen LogP contribution in [-0.2, 0) is 11.3 Å². The molecule has 0 aliphatic rings. The summed E-state index contributed by atoms with van der Waals surface area (Å²) in [6.45, 7) is 0.359. The van der Waals surface area contributed by atoms with Crippen molar-refractivity contribution in [1.29, 1.82) is 0 Å². The molecule has 0 unspecified atom stereocenters. The molecule has 0 saturated heterocycles. The molecule has 5 heteroatoms. The lowest BCUT2D eigenvalue weighted by Crippen LogP contribution is -2.30. The standard InChI is InChI=1S/C18H17FN2O2/c1-21(11-13-10-20-17-8-3-2-7-16(13)17)18(22)12-23-15-6-4-5-14(19)9-15/h2-10,20H,11-12H2,1H3. The number of hydrogen-bond acceptors (Lipinski definition) is 2. The smallest absolute Gasteiger partial charge is 0.260 e. The molecule has 3 rings (SSSR count). The van der Waals surface area contributed by atoms with E-state index in [1.807, 2.05) is 30.5 Å². The van der Waals surface area contributed by atoms with Crippen molar-refractivity contribution in [2.45, 2.75) is 6.54 Å². The Labute approximate surface area is 133 Å². The zero-order valence-electron chi connectivity index (χ0n) is 12.8. The highest BCUT2D eigenvalue weighted by molar-refractivity contribution is 5.84. The van der Waals surface area contributed by atoms with Crippen LogP contribution in [0.3, 0.4) is 0 Å². The summed E-state index contributed by atoms with van der Waals surface area (Å²) in [5.74, 6) is -0.208. The number of likely N-dealkylation sites (N-methyl/N-ethyl adjacent to an activating group) is 1. The van der Waals surface area contributed by atoms with Gasteiger partial charge in [0.05, 0.1) is 0 Å². The van der Waals surface area contributed by atoms with Gasteiger partial charge in [0.25, 0.3) is 5.91 Å². The second-order valence-corrected chi connectivity index (χ2v) is 5.36. The Balaban J connectivity index is 1.61. The third-order valence-electron chi connectivity index (χ3n) is 3.67. The summed E-state index contributed by atoms with van der Waals surface area (Å²) in [7, 11) is 1.72. The number of hydrogen-bond donors (Lipinski definition) is 1. The number of carbonyl (C=O) groups excluding carboxylic acids is 1. The third-order valence-corrected chi connectivity index (χ3v) is 3.67. The van der Waals surface area contributed by atoms with E-state index in [2.05, 4.69) is 4.98 Å². The second-order valence-electron chi connectivity index (χ2n) is 5.36. The van der Waals surface area contributed by atoms with E-state index < -0.39 is 0 Å². The lowest BCUT2D eigenvalue weighted by Gasteiger charge is -2.17. The van der Waals surface area contributed by atoms with Crippen molar-refractivity contribution in [2.24, 2.45) is 0 Å². The monoisotopic (exact) mass is 312 g/mol. The molecule has 0 bridgehead atoms. The molecule has 0 atom stereocenters. The highest BCUT2D eigenvalue weighted by Gasteiger charge is 2.12. The van der Waals surface area contributed by atoms with Crippen LogP contribution in [0, 0.1) is 5.82 Å². The van der Waals surface area contributed by atoms with E-state index in [-0.39, 0.29) is 18.3 Å². The fourth-order valence-corrected chi connectivity index (χ4v) is 2.42. The first-order chi connectivity index (χ1) is 11.1. The van der Waals surface area contributed by atoms with Crippen LogP contribution in [0.2, 0.25) is 0 Å². The molecule has 2 aromatic carbocycles. The summed E-state index contributed by atoms with van der Waals surface area (Å²) < 4.78 is 18.4. The van der Waals surface area contributed by atoms with Crippen molar-refractivity contribution < 1.29 is 13.9 Å². The molecule has 23 heavy (non-hydrogen) atoms. The van der Waals surface area contributed by atoms with Gasteiger partial charge >= 0.3 is 0 Å². The molecule has 1 heterocycles. The van der Waals surface area contributed by atoms with Crippen molar-refractivity contribution in [3.05, 3.63) is 66.1 Å². The van der Waals surface area contributed by atoms with Gasteiger partial charge in [0, 0.05) is 36.8 Å². The van der Waals surface area contributed by atoms with Gasteiger partial charge in [-0.3, -0.25) is 4.79 Å². The van der Waals surface area contributed by atoms with Gasteiger partial charge in [0.1, 0.15) is 11.6 Å². The van der Waals surface area contributed by atoms with Crippen LogP contribution in [-0.4, -0.2) is 29.4 Å². The molecule has 0 saturated carbocycles. The number of halogens is 1. The van der Waals surface area contributed by atoms with Crippen LogP contribution in [0.1, 0.15) is 5.56 Å². The molecule has 4 nitrogen and oxygen atoms in total. The van der Waals surface area contributed by atoms with Crippen LogP contribution in [0.15, 0.2) is 54.7 Å². The molecule has 3 aromatic rings. The third kappa shape index (κ3) is 3.51. The number of ether oxygens (including phenoxy) is 1. The van der Waals surface area contributed by atoms with Gasteiger partial charge in [-0.1, -0.05) is 24.3 Å². The van der Waals surface area contributed by atoms with Crippen molar-refractivity contribution in [3.63, 3.8) is 0 Å². The molecular weight excluding hydrogens is 295 g/mol. The SMILES string of the molecule is CN(Cc1c[nH]c2ccccc12)C(=O)COc1cccc(F)c1. The minimum absolute atomic E-state index is 0.123. The van der Waals surface area contributed by atoms with Gasteiger partial charge < -0.3 is 14.6 Å². The van der Waals surface area contributed by atoms with E-state index in [9.17, 15) is 9.18 Å². The normalized spacial score (nSPS) is 10.7. The summed E-state index contributed by atoms with van der Waals surface area (Å²) in [5, 5.41) is 1.10. The summed E-state index contributed by atoms with van der Waals surface area (Å²) in [6.07, 6.45) is 1.90. The van der Waals surface area contributed by atoms with Gasteiger partial charge in [0.15, 0.2) is 6.61 Å². The van der Waals surface area contributed by atoms with E-state index in [0.717, 1.165) is 16.5 Å². The number of nitrogens with zero attached hydrogens (tertiary/aromatic N) is 1. The maximum Gasteiger partial charge on any atom is 0.260 e.